The highest BCUT2D eigenvalue weighted by atomic mass is 16.7. The summed E-state index contributed by atoms with van der Waals surface area (Å²) in [7, 11) is 0. The molecule has 1 saturated heterocycles. The lowest BCUT2D eigenvalue weighted by molar-refractivity contribution is -0.305. The minimum atomic E-state index is -1.62. The zero-order valence-corrected chi connectivity index (χ0v) is 46.3. The number of esters is 1. The maximum Gasteiger partial charge on any atom is 0.306 e. The molecule has 72 heavy (non-hydrogen) atoms. The first-order valence-electron chi connectivity index (χ1n) is 29.9. The highest BCUT2D eigenvalue weighted by Crippen LogP contribution is 2.26. The van der Waals surface area contributed by atoms with Crippen molar-refractivity contribution >= 4 is 11.9 Å². The predicted octanol–water partition coefficient (Wildman–Crippen LogP) is 13.7. The van der Waals surface area contributed by atoms with Gasteiger partial charge in [-0.15, -0.1) is 0 Å². The molecule has 0 aliphatic carbocycles. The summed E-state index contributed by atoms with van der Waals surface area (Å²) >= 11 is 0. The zero-order chi connectivity index (χ0) is 52.5. The number of aliphatic hydroxyl groups is 5. The Hall–Kier alpha value is -2.38. The molecule has 1 rings (SSSR count). The van der Waals surface area contributed by atoms with Crippen LogP contribution in [0.5, 0.6) is 0 Å². The van der Waals surface area contributed by atoms with E-state index < -0.39 is 67.4 Å². The number of amides is 1. The van der Waals surface area contributed by atoms with Gasteiger partial charge in [0.15, 0.2) is 12.4 Å². The molecule has 0 saturated carbocycles. The van der Waals surface area contributed by atoms with Crippen LogP contribution in [0.25, 0.3) is 0 Å². The third-order valence-electron chi connectivity index (χ3n) is 14.0. The van der Waals surface area contributed by atoms with Crippen LogP contribution in [-0.2, 0) is 23.8 Å². The van der Waals surface area contributed by atoms with Crippen LogP contribution in [-0.4, -0.2) is 99.6 Å². The molecule has 0 bridgehead atoms. The molecule has 1 fully saturated rings. The quantitative estimate of drug-likeness (QED) is 0.0195. The summed E-state index contributed by atoms with van der Waals surface area (Å²) in [6, 6.07) is -1.03. The van der Waals surface area contributed by atoms with E-state index in [2.05, 4.69) is 62.5 Å². The van der Waals surface area contributed by atoms with E-state index in [0.717, 1.165) is 83.5 Å². The molecule has 0 aromatic rings. The number of hydrogen-bond donors (Lipinski definition) is 6. The number of ether oxygens (including phenoxy) is 3. The zero-order valence-electron chi connectivity index (χ0n) is 46.3. The van der Waals surface area contributed by atoms with Gasteiger partial charge in [-0.05, 0) is 64.2 Å². The van der Waals surface area contributed by atoms with Crippen molar-refractivity contribution in [3.8, 4) is 0 Å². The predicted molar refractivity (Wildman–Crippen MR) is 297 cm³/mol. The molecule has 0 aromatic carbocycles. The van der Waals surface area contributed by atoms with E-state index in [4.69, 9.17) is 14.2 Å². The average Bonchev–Trinajstić information content (AvgIpc) is 3.38. The third kappa shape index (κ3) is 37.4. The summed E-state index contributed by atoms with van der Waals surface area (Å²) in [6.07, 6.45) is 48.6. The van der Waals surface area contributed by atoms with Gasteiger partial charge in [-0.3, -0.25) is 9.59 Å². The molecule has 8 atom stereocenters. The number of carbonyl (C=O) groups excluding carboxylic acids is 2. The summed E-state index contributed by atoms with van der Waals surface area (Å²) in [4.78, 5) is 26.5. The van der Waals surface area contributed by atoms with Gasteiger partial charge < -0.3 is 45.1 Å². The summed E-state index contributed by atoms with van der Waals surface area (Å²) < 4.78 is 17.6. The molecule has 1 heterocycles. The van der Waals surface area contributed by atoms with Gasteiger partial charge in [0.25, 0.3) is 0 Å². The normalized spacial score (nSPS) is 19.8. The van der Waals surface area contributed by atoms with Gasteiger partial charge in [0.05, 0.1) is 25.4 Å². The molecule has 420 valence electrons. The highest BCUT2D eigenvalue weighted by Gasteiger charge is 2.47. The fourth-order valence-corrected chi connectivity index (χ4v) is 9.19. The first-order valence-corrected chi connectivity index (χ1v) is 29.9. The second kappa shape index (κ2) is 49.5. The van der Waals surface area contributed by atoms with Crippen LogP contribution in [0, 0.1) is 0 Å². The first-order chi connectivity index (χ1) is 35.2. The SMILES string of the molecule is CCCCC/C=C\C/C=C\C/C=C\CCCCCCC(=O)OC1C(OCC(NC(=O)C(O)CCCCCCCCCCCCCCC)C(O)/C=C/CCCCCCCCCCCCC)OC(CO)C(O)C1O. The summed E-state index contributed by atoms with van der Waals surface area (Å²) in [5, 5.41) is 56.9. The average molecular weight is 1020 g/mol. The Morgan fingerprint density at radius 1 is 0.542 bits per heavy atom. The second-order valence-corrected chi connectivity index (χ2v) is 20.7. The van der Waals surface area contributed by atoms with Crippen LogP contribution in [0.15, 0.2) is 48.6 Å². The van der Waals surface area contributed by atoms with Crippen molar-refractivity contribution in [1.29, 1.82) is 0 Å². The van der Waals surface area contributed by atoms with E-state index in [-0.39, 0.29) is 13.0 Å². The number of hydrogen-bond acceptors (Lipinski definition) is 10. The number of rotatable bonds is 50. The van der Waals surface area contributed by atoms with Crippen molar-refractivity contribution in [2.24, 2.45) is 0 Å². The van der Waals surface area contributed by atoms with Crippen molar-refractivity contribution in [2.75, 3.05) is 13.2 Å². The summed E-state index contributed by atoms with van der Waals surface area (Å²) in [5.41, 5.74) is 0. The number of allylic oxidation sites excluding steroid dienone is 7. The van der Waals surface area contributed by atoms with E-state index in [0.29, 0.717) is 19.3 Å². The minimum absolute atomic E-state index is 0.0988. The highest BCUT2D eigenvalue weighted by molar-refractivity contribution is 5.80. The maximum atomic E-state index is 13.4. The Labute approximate surface area is 440 Å². The van der Waals surface area contributed by atoms with E-state index in [1.54, 1.807) is 6.08 Å². The standard InChI is InChI=1S/C61H111NO10/c1-4-7-10-13-16-19-22-25-26-27-28-31-34-37-40-43-46-49-56(66)72-59-58(68)57(67)55(50-63)71-61(59)70-51-52(53(64)47-44-41-38-35-32-29-23-20-17-14-11-8-5-2)62-60(69)54(65)48-45-42-39-36-33-30-24-21-18-15-12-9-6-3/h16,19,25-26,28,31,44,47,52-55,57-59,61,63-65,67-68H,4-15,17-18,20-24,27,29-30,32-43,45-46,48-51H2,1-3H3,(H,62,69)/b19-16-,26-25-,31-28-,47-44+. The molecule has 11 heteroatoms. The van der Waals surface area contributed by atoms with Crippen LogP contribution in [0.3, 0.4) is 0 Å². The molecule has 11 nitrogen and oxygen atoms in total. The summed E-state index contributed by atoms with van der Waals surface area (Å²) in [5.74, 6) is -1.21. The van der Waals surface area contributed by atoms with Crippen LogP contribution >= 0.6 is 0 Å². The van der Waals surface area contributed by atoms with E-state index in [1.165, 1.54) is 135 Å². The Bertz CT molecular complexity index is 1350. The van der Waals surface area contributed by atoms with Gasteiger partial charge in [-0.1, -0.05) is 243 Å². The topological polar surface area (TPSA) is 175 Å². The number of unbranched alkanes of at least 4 members (excludes halogenated alkanes) is 30. The van der Waals surface area contributed by atoms with Crippen molar-refractivity contribution < 1.29 is 49.3 Å². The van der Waals surface area contributed by atoms with Crippen LogP contribution < -0.4 is 5.32 Å². The fourth-order valence-electron chi connectivity index (χ4n) is 9.19. The minimum Gasteiger partial charge on any atom is -0.454 e. The molecule has 0 spiro atoms. The Morgan fingerprint density at radius 3 is 1.46 bits per heavy atom. The lowest BCUT2D eigenvalue weighted by atomic mass is 9.99. The maximum absolute atomic E-state index is 13.4. The molecule has 8 unspecified atom stereocenters. The van der Waals surface area contributed by atoms with Gasteiger partial charge in [-0.2, -0.15) is 0 Å². The van der Waals surface area contributed by atoms with Gasteiger partial charge in [-0.25, -0.2) is 0 Å². The van der Waals surface area contributed by atoms with E-state index in [1.807, 2.05) is 6.08 Å². The van der Waals surface area contributed by atoms with Crippen molar-refractivity contribution in [3.05, 3.63) is 48.6 Å². The van der Waals surface area contributed by atoms with Crippen molar-refractivity contribution in [1.82, 2.24) is 5.32 Å². The molecule has 1 aliphatic rings. The van der Waals surface area contributed by atoms with E-state index >= 15 is 0 Å². The van der Waals surface area contributed by atoms with Gasteiger partial charge in [0.1, 0.15) is 24.4 Å². The van der Waals surface area contributed by atoms with Crippen LogP contribution in [0.2, 0.25) is 0 Å². The van der Waals surface area contributed by atoms with Crippen LogP contribution in [0.4, 0.5) is 0 Å². The number of nitrogens with one attached hydrogen (secondary N) is 1. The van der Waals surface area contributed by atoms with Gasteiger partial charge >= 0.3 is 5.97 Å². The van der Waals surface area contributed by atoms with Gasteiger partial charge in [0, 0.05) is 6.42 Å². The molecule has 1 amide bonds. The molecule has 0 aromatic heterocycles. The molecular weight excluding hydrogens is 907 g/mol. The molecular formula is C61H111NO10. The lowest BCUT2D eigenvalue weighted by Crippen LogP contribution is -2.61. The number of carbonyl (C=O) groups is 2. The Kier molecular flexibility index (Phi) is 46.5. The fraction of sp³-hybridized carbons (Fsp3) is 0.836. The van der Waals surface area contributed by atoms with Crippen molar-refractivity contribution in [3.63, 3.8) is 0 Å². The number of aliphatic hydroxyl groups excluding tert-OH is 5. The smallest absolute Gasteiger partial charge is 0.306 e. The lowest BCUT2D eigenvalue weighted by Gasteiger charge is -2.41. The molecule has 1 aliphatic heterocycles. The van der Waals surface area contributed by atoms with Crippen molar-refractivity contribution in [2.45, 2.75) is 314 Å². The molecule has 0 radical (unpaired) electrons. The monoisotopic (exact) mass is 1020 g/mol. The third-order valence-corrected chi connectivity index (χ3v) is 14.0. The Morgan fingerprint density at radius 2 is 0.958 bits per heavy atom. The largest absolute Gasteiger partial charge is 0.454 e. The second-order valence-electron chi connectivity index (χ2n) is 20.7. The Balaban J connectivity index is 2.73. The summed E-state index contributed by atoms with van der Waals surface area (Å²) in [6.45, 7) is 5.75. The first kappa shape index (κ1) is 67.6. The van der Waals surface area contributed by atoms with Crippen LogP contribution in [0.1, 0.15) is 265 Å². The van der Waals surface area contributed by atoms with Gasteiger partial charge in [0.2, 0.25) is 5.91 Å². The molecule has 6 N–H and O–H groups in total. The van der Waals surface area contributed by atoms with E-state index in [9.17, 15) is 35.1 Å².